The summed E-state index contributed by atoms with van der Waals surface area (Å²) >= 11 is 0. The number of rotatable bonds is 11. The molecule has 3 unspecified atom stereocenters. The Balaban J connectivity index is 1.80. The van der Waals surface area contributed by atoms with Gasteiger partial charge < -0.3 is 31.0 Å². The van der Waals surface area contributed by atoms with Crippen LogP contribution in [0, 0.1) is 5.82 Å². The fourth-order valence-corrected chi connectivity index (χ4v) is 4.75. The second-order valence-corrected chi connectivity index (χ2v) is 10.5. The summed E-state index contributed by atoms with van der Waals surface area (Å²) in [5.41, 5.74) is 5.10. The molecular weight excluding hydrogens is 603 g/mol. The Kier molecular flexibility index (Phi) is 11.0. The Hall–Kier alpha value is -4.82. The lowest BCUT2D eigenvalue weighted by atomic mass is 9.92. The van der Waals surface area contributed by atoms with Crippen LogP contribution in [-0.4, -0.2) is 79.5 Å². The number of hydrogen-bond acceptors (Lipinski definition) is 6. The summed E-state index contributed by atoms with van der Waals surface area (Å²) in [6.45, 7) is -0.706. The van der Waals surface area contributed by atoms with Crippen molar-refractivity contribution in [2.45, 2.75) is 43.8 Å². The number of aldehydes is 1. The lowest BCUT2D eigenvalue weighted by molar-refractivity contribution is -0.187. The van der Waals surface area contributed by atoms with E-state index in [1.54, 1.807) is 0 Å². The Bertz CT molecular complexity index is 1480. The third-order valence-electron chi connectivity index (χ3n) is 7.41. The Morgan fingerprint density at radius 2 is 1.84 bits per heavy atom. The van der Waals surface area contributed by atoms with Crippen LogP contribution in [0.4, 0.5) is 26.7 Å². The smallest absolute Gasteiger partial charge is 0.404 e. The van der Waals surface area contributed by atoms with E-state index < -0.39 is 61.2 Å². The number of nitrogens with one attached hydrogen (secondary N) is 2. The molecule has 15 heteroatoms. The van der Waals surface area contributed by atoms with E-state index in [4.69, 9.17) is 5.73 Å². The molecule has 0 heterocycles. The number of carbonyl (C=O) groups is 4. The van der Waals surface area contributed by atoms with Gasteiger partial charge in [0.15, 0.2) is 0 Å². The van der Waals surface area contributed by atoms with Crippen LogP contribution in [0.25, 0.3) is 5.57 Å². The number of carbonyl (C=O) groups excluding carboxylic acids is 4. The molecule has 3 atom stereocenters. The van der Waals surface area contributed by atoms with Crippen molar-refractivity contribution in [2.24, 2.45) is 10.7 Å². The number of amides is 4. The average Bonchev–Trinajstić information content (AvgIpc) is 3.28. The highest BCUT2D eigenvalue weighted by Gasteiger charge is 2.47. The highest BCUT2D eigenvalue weighted by molar-refractivity contribution is 6.10. The predicted molar refractivity (Wildman–Crippen MR) is 156 cm³/mol. The summed E-state index contributed by atoms with van der Waals surface area (Å²) in [5.74, 6) is -2.01. The van der Waals surface area contributed by atoms with Crippen molar-refractivity contribution in [3.63, 3.8) is 0 Å². The summed E-state index contributed by atoms with van der Waals surface area (Å²) in [7, 11) is 2.59. The topological polar surface area (TPSA) is 137 Å². The number of hydrogen-bond donors (Lipinski definition) is 3. The maximum atomic E-state index is 15.3. The second-order valence-electron chi connectivity index (χ2n) is 10.5. The number of halogens is 5. The number of urea groups is 1. The van der Waals surface area contributed by atoms with E-state index in [2.05, 4.69) is 15.6 Å². The van der Waals surface area contributed by atoms with Gasteiger partial charge in [0.2, 0.25) is 11.8 Å². The Labute approximate surface area is 256 Å². The molecule has 0 spiro atoms. The van der Waals surface area contributed by atoms with Gasteiger partial charge in [-0.05, 0) is 47.4 Å². The van der Waals surface area contributed by atoms with Crippen molar-refractivity contribution in [3.8, 4) is 0 Å². The molecule has 4 N–H and O–H groups in total. The Morgan fingerprint density at radius 3 is 2.42 bits per heavy atom. The number of aliphatic imine (C=N–C) groups is 1. The molecule has 45 heavy (non-hydrogen) atoms. The second kappa shape index (κ2) is 14.3. The summed E-state index contributed by atoms with van der Waals surface area (Å²) in [5, 5.41) is 4.85. The molecule has 0 aliphatic heterocycles. The highest BCUT2D eigenvalue weighted by Crippen LogP contribution is 2.45. The predicted octanol–water partition coefficient (Wildman–Crippen LogP) is 3.37. The van der Waals surface area contributed by atoms with Crippen LogP contribution in [0.3, 0.4) is 0 Å². The van der Waals surface area contributed by atoms with Crippen LogP contribution in [0.2, 0.25) is 0 Å². The van der Waals surface area contributed by atoms with E-state index in [0.717, 1.165) is 31.0 Å². The number of nitrogens with zero attached hydrogens (tertiary/aromatic N) is 3. The van der Waals surface area contributed by atoms with Crippen LogP contribution in [-0.2, 0) is 26.5 Å². The minimum Gasteiger partial charge on any atom is -0.404 e. The Morgan fingerprint density at radius 1 is 1.18 bits per heavy atom. The van der Waals surface area contributed by atoms with Crippen molar-refractivity contribution < 1.29 is 41.1 Å². The third kappa shape index (κ3) is 8.22. The number of alkyl halides is 4. The van der Waals surface area contributed by atoms with Crippen LogP contribution in [0.15, 0.2) is 53.7 Å². The molecule has 0 fully saturated rings. The van der Waals surface area contributed by atoms with Crippen molar-refractivity contribution >= 4 is 35.9 Å². The molecule has 4 amide bonds. The van der Waals surface area contributed by atoms with Crippen LogP contribution >= 0.6 is 0 Å². The van der Waals surface area contributed by atoms with E-state index in [1.807, 2.05) is 0 Å². The molecule has 1 aliphatic rings. The molecule has 2 aromatic carbocycles. The molecule has 0 bridgehead atoms. The van der Waals surface area contributed by atoms with Gasteiger partial charge >= 0.3 is 12.2 Å². The van der Waals surface area contributed by atoms with Crippen molar-refractivity contribution in [2.75, 3.05) is 27.2 Å². The van der Waals surface area contributed by atoms with E-state index in [0.29, 0.717) is 22.3 Å². The molecule has 0 radical (unpaired) electrons. The number of nitrogens with two attached hydrogens (primary N) is 1. The van der Waals surface area contributed by atoms with Gasteiger partial charge in [0.25, 0.3) is 0 Å². The largest absolute Gasteiger partial charge is 0.408 e. The van der Waals surface area contributed by atoms with Crippen LogP contribution in [0.1, 0.15) is 41.8 Å². The zero-order valence-electron chi connectivity index (χ0n) is 24.7. The lowest BCUT2D eigenvalue weighted by Crippen LogP contribution is -2.54. The maximum absolute atomic E-state index is 15.3. The summed E-state index contributed by atoms with van der Waals surface area (Å²) in [6.07, 6.45) is -4.07. The van der Waals surface area contributed by atoms with Gasteiger partial charge in [-0.2, -0.15) is 13.2 Å². The van der Waals surface area contributed by atoms with Gasteiger partial charge in [0.1, 0.15) is 42.9 Å². The van der Waals surface area contributed by atoms with Gasteiger partial charge in [-0.1, -0.05) is 24.3 Å². The van der Waals surface area contributed by atoms with Gasteiger partial charge in [-0.15, -0.1) is 0 Å². The molecule has 2 aromatic rings. The summed E-state index contributed by atoms with van der Waals surface area (Å²) in [6, 6.07) is 5.70. The first-order chi connectivity index (χ1) is 21.1. The van der Waals surface area contributed by atoms with Crippen molar-refractivity contribution in [1.82, 2.24) is 20.4 Å². The van der Waals surface area contributed by atoms with Crippen LogP contribution in [0.5, 0.6) is 0 Å². The van der Waals surface area contributed by atoms with Crippen molar-refractivity contribution in [3.05, 3.63) is 76.7 Å². The van der Waals surface area contributed by atoms with Gasteiger partial charge in [-0.25, -0.2) is 13.6 Å². The van der Waals surface area contributed by atoms with Gasteiger partial charge in [0.05, 0.1) is 0 Å². The maximum Gasteiger partial charge on any atom is 0.408 e. The molecule has 10 nitrogen and oxygen atoms in total. The average molecular weight is 637 g/mol. The van der Waals surface area contributed by atoms with Gasteiger partial charge in [-0.3, -0.25) is 14.6 Å². The molecule has 242 valence electrons. The summed E-state index contributed by atoms with van der Waals surface area (Å²) in [4.78, 5) is 55.3. The first-order valence-corrected chi connectivity index (χ1v) is 13.7. The fourth-order valence-electron chi connectivity index (χ4n) is 4.75. The van der Waals surface area contributed by atoms with E-state index in [1.165, 1.54) is 49.8 Å². The quantitative estimate of drug-likeness (QED) is 0.197. The number of fused-ring (bicyclic) bond motifs is 1. The number of allylic oxidation sites excluding steroid dienone is 1. The van der Waals surface area contributed by atoms with E-state index in [9.17, 15) is 36.7 Å². The first-order valence-electron chi connectivity index (χ1n) is 13.7. The minimum absolute atomic E-state index is 0.0853. The van der Waals surface area contributed by atoms with E-state index in [-0.39, 0.29) is 29.1 Å². The number of likely N-dealkylation sites (N-methyl/N-ethyl adjacent to an activating group) is 2. The molecule has 3 rings (SSSR count). The summed E-state index contributed by atoms with van der Waals surface area (Å²) < 4.78 is 69.5. The van der Waals surface area contributed by atoms with Crippen LogP contribution < -0.4 is 16.4 Å². The first kappa shape index (κ1) is 34.7. The minimum atomic E-state index is -4.80. The lowest BCUT2D eigenvalue weighted by Gasteiger charge is -2.33. The molecule has 0 saturated heterocycles. The van der Waals surface area contributed by atoms with Gasteiger partial charge in [0, 0.05) is 45.0 Å². The monoisotopic (exact) mass is 636 g/mol. The third-order valence-corrected chi connectivity index (χ3v) is 7.41. The van der Waals surface area contributed by atoms with E-state index >= 15 is 4.39 Å². The molecular formula is C30H33F5N6O4. The normalized spacial score (nSPS) is 18.7. The molecule has 0 aromatic heterocycles. The standard InChI is InChI=1S/C30H33F5N6O4/c1-18(30(33,34)35)41(15-19-4-7-22(31)8-5-19)27(44)16-40(3)28(45)39-29(17-42)11-25(32)23-10-20(6-9-24(23)29)21(12-36)13-38-14-26(43)37-2/h4-10,12-13,17-18,25H,11,14-16,36H2,1-3H3,(H,37,43)(H,39,45)/b21-12+,38-13?. The number of benzene rings is 2. The van der Waals surface area contributed by atoms with Crippen molar-refractivity contribution in [1.29, 1.82) is 0 Å². The SMILES string of the molecule is CNC(=O)CN=C/C(=C\N)c1ccc2c(c1)C(F)CC2(C=O)NC(=O)N(C)CC(=O)N(Cc1ccc(F)cc1)C(C)C(F)(F)F. The fraction of sp³-hybridized carbons (Fsp3) is 0.367. The molecule has 0 saturated carbocycles. The molecule has 1 aliphatic carbocycles. The zero-order valence-corrected chi connectivity index (χ0v) is 24.7. The zero-order chi connectivity index (χ0) is 33.5. The highest BCUT2D eigenvalue weighted by atomic mass is 19.4.